The van der Waals surface area contributed by atoms with E-state index in [1.807, 2.05) is 48.5 Å². The molecule has 1 fully saturated rings. The van der Waals surface area contributed by atoms with Gasteiger partial charge in [-0.3, -0.25) is 14.9 Å². The molecule has 4 aromatic rings. The zero-order chi connectivity index (χ0) is 24.9. The highest BCUT2D eigenvalue weighted by Crippen LogP contribution is 2.30. The summed E-state index contributed by atoms with van der Waals surface area (Å²) in [5.41, 5.74) is 4.70. The fraction of sp³-hybridized carbons (Fsp3) is 0.0357. The minimum absolute atomic E-state index is 0.280. The van der Waals surface area contributed by atoms with Crippen molar-refractivity contribution in [2.45, 2.75) is 6.61 Å². The molecule has 4 aromatic carbocycles. The van der Waals surface area contributed by atoms with Gasteiger partial charge in [0.1, 0.15) is 12.4 Å². The summed E-state index contributed by atoms with van der Waals surface area (Å²) in [6.45, 7) is 0.393. The molecule has 0 spiro atoms. The van der Waals surface area contributed by atoms with Crippen LogP contribution in [0.15, 0.2) is 101 Å². The molecule has 0 bridgehead atoms. The molecule has 0 radical (unpaired) electrons. The first-order valence-corrected chi connectivity index (χ1v) is 12.3. The monoisotopic (exact) mass is 513 g/mol. The summed E-state index contributed by atoms with van der Waals surface area (Å²) in [7, 11) is 0. The van der Waals surface area contributed by atoms with Crippen LogP contribution in [0.1, 0.15) is 21.5 Å². The predicted octanol–water partition coefficient (Wildman–Crippen LogP) is 5.98. The fourth-order valence-electron chi connectivity index (χ4n) is 3.69. The summed E-state index contributed by atoms with van der Waals surface area (Å²) in [6.07, 6.45) is 1.75. The maximum absolute atomic E-state index is 12.5. The second kappa shape index (κ2) is 10.7. The molecule has 5 rings (SSSR count). The Labute approximate surface area is 217 Å². The number of halogens is 1. The summed E-state index contributed by atoms with van der Waals surface area (Å²) in [4.78, 5) is 25.2. The molecule has 1 heterocycles. The standard InChI is InChI=1S/C28H20ClN3O3S/c29-22-14-12-19(13-15-22)26(33)31-32-28-30-27(34)25(36-28)16-20-7-2-4-11-24(20)35-17-21-9-5-8-18-6-1-3-10-23(18)21/h1-16H,17H2,(H,31,33)(H,30,32,34). The maximum atomic E-state index is 12.5. The number of hydrazone groups is 1. The van der Waals surface area contributed by atoms with Crippen molar-refractivity contribution < 1.29 is 14.3 Å². The minimum Gasteiger partial charge on any atom is -0.488 e. The second-order valence-electron chi connectivity index (χ2n) is 7.89. The summed E-state index contributed by atoms with van der Waals surface area (Å²) < 4.78 is 6.16. The lowest BCUT2D eigenvalue weighted by atomic mass is 10.1. The molecule has 36 heavy (non-hydrogen) atoms. The first-order chi connectivity index (χ1) is 17.6. The largest absolute Gasteiger partial charge is 0.488 e. The first-order valence-electron chi connectivity index (χ1n) is 11.1. The molecule has 8 heteroatoms. The van der Waals surface area contributed by atoms with Crippen LogP contribution in [0.5, 0.6) is 5.75 Å². The first kappa shape index (κ1) is 23.7. The van der Waals surface area contributed by atoms with E-state index in [9.17, 15) is 9.59 Å². The van der Waals surface area contributed by atoms with Gasteiger partial charge in [0.25, 0.3) is 11.8 Å². The van der Waals surface area contributed by atoms with Crippen molar-refractivity contribution in [3.05, 3.63) is 118 Å². The Morgan fingerprint density at radius 1 is 0.972 bits per heavy atom. The van der Waals surface area contributed by atoms with Crippen molar-refractivity contribution in [3.63, 3.8) is 0 Å². The number of hydrogen-bond acceptors (Lipinski definition) is 5. The number of carbonyl (C=O) groups excluding carboxylic acids is 2. The third-order valence-corrected chi connectivity index (χ3v) is 6.65. The molecule has 1 aliphatic heterocycles. The van der Waals surface area contributed by atoms with E-state index >= 15 is 0 Å². The number of amides is 2. The van der Waals surface area contributed by atoms with Crippen LogP contribution < -0.4 is 15.5 Å². The molecular weight excluding hydrogens is 494 g/mol. The molecule has 0 atom stereocenters. The summed E-state index contributed by atoms with van der Waals surface area (Å²) >= 11 is 6.99. The number of rotatable bonds is 6. The van der Waals surface area contributed by atoms with Gasteiger partial charge in [-0.05, 0) is 64.5 Å². The number of amidine groups is 1. The Kier molecular flexibility index (Phi) is 7.02. The number of benzene rings is 4. The van der Waals surface area contributed by atoms with Crippen LogP contribution in [0.3, 0.4) is 0 Å². The van der Waals surface area contributed by atoms with Gasteiger partial charge in [-0.1, -0.05) is 72.3 Å². The zero-order valence-corrected chi connectivity index (χ0v) is 20.5. The van der Waals surface area contributed by atoms with Crippen molar-refractivity contribution in [1.29, 1.82) is 0 Å². The van der Waals surface area contributed by atoms with Crippen LogP contribution in [0.4, 0.5) is 0 Å². The van der Waals surface area contributed by atoms with Crippen LogP contribution in [-0.2, 0) is 11.4 Å². The highest BCUT2D eigenvalue weighted by molar-refractivity contribution is 8.18. The lowest BCUT2D eigenvalue weighted by molar-refractivity contribution is -0.115. The van der Waals surface area contributed by atoms with Crippen LogP contribution >= 0.6 is 23.4 Å². The third-order valence-electron chi connectivity index (χ3n) is 5.49. The fourth-order valence-corrected chi connectivity index (χ4v) is 4.59. The minimum atomic E-state index is -0.404. The highest BCUT2D eigenvalue weighted by atomic mass is 35.5. The molecule has 0 aliphatic carbocycles. The van der Waals surface area contributed by atoms with Gasteiger partial charge in [0.15, 0.2) is 5.17 Å². The average Bonchev–Trinajstić information content (AvgIpc) is 3.26. The van der Waals surface area contributed by atoms with E-state index in [1.165, 1.54) is 0 Å². The van der Waals surface area contributed by atoms with Gasteiger partial charge in [0, 0.05) is 16.1 Å². The normalized spacial score (nSPS) is 15.3. The van der Waals surface area contributed by atoms with Gasteiger partial charge in [0.2, 0.25) is 0 Å². The molecule has 0 saturated carbocycles. The molecular formula is C28H20ClN3O3S. The number of thioether (sulfide) groups is 1. The van der Waals surface area contributed by atoms with Gasteiger partial charge < -0.3 is 4.74 Å². The van der Waals surface area contributed by atoms with E-state index in [0.717, 1.165) is 33.7 Å². The Bertz CT molecular complexity index is 1510. The number of para-hydroxylation sites is 1. The van der Waals surface area contributed by atoms with Gasteiger partial charge in [0.05, 0.1) is 4.91 Å². The number of nitrogens with zero attached hydrogens (tertiary/aromatic N) is 1. The Balaban J connectivity index is 1.29. The molecule has 2 N–H and O–H groups in total. The smallest absolute Gasteiger partial charge is 0.271 e. The summed E-state index contributed by atoms with van der Waals surface area (Å²) in [5, 5.41) is 9.81. The summed E-state index contributed by atoms with van der Waals surface area (Å²) in [5.74, 6) is -0.0465. The summed E-state index contributed by atoms with van der Waals surface area (Å²) in [6, 6.07) is 28.3. The van der Waals surface area contributed by atoms with Gasteiger partial charge >= 0.3 is 0 Å². The van der Waals surface area contributed by atoms with E-state index in [4.69, 9.17) is 16.3 Å². The predicted molar refractivity (Wildman–Crippen MR) is 145 cm³/mol. The molecule has 0 aromatic heterocycles. The van der Waals surface area contributed by atoms with E-state index in [1.54, 1.807) is 30.3 Å². The average molecular weight is 514 g/mol. The number of carbonyl (C=O) groups is 2. The van der Waals surface area contributed by atoms with E-state index in [0.29, 0.717) is 27.8 Å². The number of hydrogen-bond donors (Lipinski definition) is 2. The molecule has 6 nitrogen and oxygen atoms in total. The Morgan fingerprint density at radius 3 is 2.58 bits per heavy atom. The molecule has 2 amide bonds. The number of fused-ring (bicyclic) bond motifs is 1. The quantitative estimate of drug-likeness (QED) is 0.245. The topological polar surface area (TPSA) is 79.8 Å². The molecule has 0 unspecified atom stereocenters. The van der Waals surface area contributed by atoms with Crippen molar-refractivity contribution in [2.24, 2.45) is 5.10 Å². The van der Waals surface area contributed by atoms with Crippen molar-refractivity contribution in [1.82, 2.24) is 10.7 Å². The Morgan fingerprint density at radius 2 is 1.72 bits per heavy atom. The van der Waals surface area contributed by atoms with E-state index < -0.39 is 5.91 Å². The number of nitrogens with one attached hydrogen (secondary N) is 2. The van der Waals surface area contributed by atoms with Crippen LogP contribution in [0.2, 0.25) is 5.02 Å². The lowest BCUT2D eigenvalue weighted by Crippen LogP contribution is -2.25. The maximum Gasteiger partial charge on any atom is 0.271 e. The molecule has 1 saturated heterocycles. The molecule has 178 valence electrons. The van der Waals surface area contributed by atoms with Crippen molar-refractivity contribution in [3.8, 4) is 5.75 Å². The SMILES string of the molecule is O=C1NC(=NNC(=O)c2ccc(Cl)cc2)SC1=Cc1ccccc1OCc1cccc2ccccc12. The Hall–Kier alpha value is -4.07. The van der Waals surface area contributed by atoms with Crippen molar-refractivity contribution in [2.75, 3.05) is 0 Å². The van der Waals surface area contributed by atoms with Crippen molar-refractivity contribution >= 4 is 57.2 Å². The van der Waals surface area contributed by atoms with Crippen LogP contribution in [0.25, 0.3) is 16.8 Å². The van der Waals surface area contributed by atoms with Gasteiger partial charge in [-0.25, -0.2) is 5.43 Å². The van der Waals surface area contributed by atoms with Gasteiger partial charge in [-0.2, -0.15) is 0 Å². The second-order valence-corrected chi connectivity index (χ2v) is 9.36. The van der Waals surface area contributed by atoms with Gasteiger partial charge in [-0.15, -0.1) is 5.10 Å². The third kappa shape index (κ3) is 5.43. The van der Waals surface area contributed by atoms with E-state index in [-0.39, 0.29) is 11.1 Å². The number of ether oxygens (including phenoxy) is 1. The lowest BCUT2D eigenvalue weighted by Gasteiger charge is -2.11. The molecule has 1 aliphatic rings. The van der Waals surface area contributed by atoms with Crippen LogP contribution in [-0.4, -0.2) is 17.0 Å². The highest BCUT2D eigenvalue weighted by Gasteiger charge is 2.24. The zero-order valence-electron chi connectivity index (χ0n) is 18.9. The van der Waals surface area contributed by atoms with E-state index in [2.05, 4.69) is 34.0 Å². The van der Waals surface area contributed by atoms with Crippen LogP contribution in [0, 0.1) is 0 Å².